The molecule has 0 N–H and O–H groups in total. The Morgan fingerprint density at radius 3 is 2.62 bits per heavy atom. The first-order valence-corrected chi connectivity index (χ1v) is 5.97. The molecule has 16 heavy (non-hydrogen) atoms. The van der Waals surface area contributed by atoms with Gasteiger partial charge in [0.2, 0.25) is 5.75 Å². The van der Waals surface area contributed by atoms with Gasteiger partial charge in [-0.15, -0.1) is 0 Å². The fraction of sp³-hybridized carbons (Fsp3) is 0.538. The smallest absolute Gasteiger partial charge is 0.220 e. The number of likely N-dealkylation sites (tertiary alicyclic amines) is 1. The maximum atomic E-state index is 11.4. The van der Waals surface area contributed by atoms with Gasteiger partial charge >= 0.3 is 0 Å². The number of hydrogen-bond acceptors (Lipinski definition) is 2. The predicted molar refractivity (Wildman–Crippen MR) is 62.4 cm³/mol. The minimum atomic E-state index is -0.0267. The Bertz CT molecular complexity index is 321. The van der Waals surface area contributed by atoms with E-state index in [1.807, 2.05) is 6.07 Å². The summed E-state index contributed by atoms with van der Waals surface area (Å²) >= 11 is 0. The van der Waals surface area contributed by atoms with Gasteiger partial charge in [0.1, 0.15) is 6.61 Å². The van der Waals surface area contributed by atoms with Crippen LogP contribution in [0.1, 0.15) is 19.3 Å². The third-order valence-corrected chi connectivity index (χ3v) is 2.96. The molecule has 0 atom stereocenters. The molecule has 2 rings (SSSR count). The van der Waals surface area contributed by atoms with Crippen molar-refractivity contribution >= 4 is 0 Å². The van der Waals surface area contributed by atoms with Gasteiger partial charge in [-0.05, 0) is 38.1 Å². The van der Waals surface area contributed by atoms with E-state index >= 15 is 0 Å². The maximum absolute atomic E-state index is 11.4. The normalized spacial score (nSPS) is 17.2. The van der Waals surface area contributed by atoms with Crippen LogP contribution < -0.4 is 4.74 Å². The molecule has 0 saturated carbocycles. The first kappa shape index (κ1) is 11.3. The Labute approximate surface area is 96.6 Å². The molecule has 1 aliphatic heterocycles. The van der Waals surface area contributed by atoms with Gasteiger partial charge in [-0.2, -0.15) is 0 Å². The molecule has 1 aromatic rings. The van der Waals surface area contributed by atoms with Gasteiger partial charge in [-0.25, -0.2) is 0 Å². The molecule has 87 valence electrons. The van der Waals surface area contributed by atoms with Crippen LogP contribution in [0.4, 0.5) is 0 Å². The molecular weight excluding hydrogens is 202 g/mol. The van der Waals surface area contributed by atoms with Gasteiger partial charge in [0, 0.05) is 6.54 Å². The van der Waals surface area contributed by atoms with Crippen LogP contribution in [0, 0.1) is 0 Å². The van der Waals surface area contributed by atoms with E-state index in [1.165, 1.54) is 38.4 Å². The molecule has 1 saturated heterocycles. The summed E-state index contributed by atoms with van der Waals surface area (Å²) in [7, 11) is 0. The van der Waals surface area contributed by atoms with Gasteiger partial charge in [-0.3, -0.25) is 10.0 Å². The Morgan fingerprint density at radius 2 is 1.88 bits per heavy atom. The first-order chi connectivity index (χ1) is 7.86. The van der Waals surface area contributed by atoms with Crippen LogP contribution >= 0.6 is 0 Å². The Morgan fingerprint density at radius 1 is 1.12 bits per heavy atom. The van der Waals surface area contributed by atoms with Crippen molar-refractivity contribution in [2.24, 2.45) is 0 Å². The average Bonchev–Trinajstić information content (AvgIpc) is 2.33. The molecule has 1 aliphatic rings. The van der Waals surface area contributed by atoms with Crippen molar-refractivity contribution in [2.75, 3.05) is 26.2 Å². The molecule has 0 amide bonds. The lowest BCUT2D eigenvalue weighted by Crippen LogP contribution is -2.33. The van der Waals surface area contributed by atoms with Gasteiger partial charge < -0.3 is 4.74 Å². The molecule has 0 aromatic heterocycles. The van der Waals surface area contributed by atoms with Crippen molar-refractivity contribution in [3.8, 4) is 11.5 Å². The summed E-state index contributed by atoms with van der Waals surface area (Å²) < 4.78 is 5.49. The topological polar surface area (TPSA) is 32.4 Å². The highest BCUT2D eigenvalue weighted by atomic mass is 16.5. The number of benzene rings is 1. The molecule has 3 nitrogen and oxygen atoms in total. The quantitative estimate of drug-likeness (QED) is 0.781. The number of para-hydroxylation sites is 2. The fourth-order valence-electron chi connectivity index (χ4n) is 2.04. The van der Waals surface area contributed by atoms with Gasteiger partial charge in [0.05, 0.1) is 0 Å². The van der Waals surface area contributed by atoms with Crippen molar-refractivity contribution < 1.29 is 9.84 Å². The zero-order valence-electron chi connectivity index (χ0n) is 9.52. The summed E-state index contributed by atoms with van der Waals surface area (Å²) in [6.07, 6.45) is 3.93. The minimum absolute atomic E-state index is 0.0267. The fourth-order valence-corrected chi connectivity index (χ4v) is 2.04. The van der Waals surface area contributed by atoms with E-state index in [0.717, 1.165) is 6.54 Å². The lowest BCUT2D eigenvalue weighted by atomic mass is 10.1. The number of rotatable bonds is 4. The minimum Gasteiger partial charge on any atom is -0.488 e. The Balaban J connectivity index is 1.73. The van der Waals surface area contributed by atoms with Crippen LogP contribution in [0.25, 0.3) is 0 Å². The van der Waals surface area contributed by atoms with Crippen molar-refractivity contribution in [1.29, 1.82) is 0 Å². The second-order valence-electron chi connectivity index (χ2n) is 4.20. The molecule has 1 fully saturated rings. The molecule has 0 aliphatic carbocycles. The molecule has 0 unspecified atom stereocenters. The monoisotopic (exact) mass is 220 g/mol. The molecule has 0 spiro atoms. The number of piperidine rings is 1. The van der Waals surface area contributed by atoms with Gasteiger partial charge in [-0.1, -0.05) is 18.6 Å². The van der Waals surface area contributed by atoms with E-state index in [9.17, 15) is 5.11 Å². The molecule has 1 radical (unpaired) electrons. The standard InChI is InChI=1S/C13H18NO2/c15-12-6-2-3-7-13(12)16-11-10-14-8-4-1-5-9-14/h2-3,6-7H,1,4-5,8-11H2. The summed E-state index contributed by atoms with van der Waals surface area (Å²) in [6.45, 7) is 3.87. The third kappa shape index (κ3) is 3.14. The Kier molecular flexibility index (Phi) is 4.05. The number of ether oxygens (including phenoxy) is 1. The van der Waals surface area contributed by atoms with E-state index in [0.29, 0.717) is 12.4 Å². The van der Waals surface area contributed by atoms with Gasteiger partial charge in [0.15, 0.2) is 5.75 Å². The second-order valence-corrected chi connectivity index (χ2v) is 4.20. The number of hydrogen-bond donors (Lipinski definition) is 0. The second kappa shape index (κ2) is 5.75. The molecular formula is C13H18NO2. The largest absolute Gasteiger partial charge is 0.488 e. The molecule has 1 aromatic carbocycles. The summed E-state index contributed by atoms with van der Waals surface area (Å²) in [6, 6.07) is 6.84. The van der Waals surface area contributed by atoms with E-state index in [-0.39, 0.29) is 5.75 Å². The number of nitrogens with zero attached hydrogens (tertiary/aromatic N) is 1. The summed E-state index contributed by atoms with van der Waals surface area (Å²) in [4.78, 5) is 2.40. The van der Waals surface area contributed by atoms with E-state index in [4.69, 9.17) is 4.74 Å². The third-order valence-electron chi connectivity index (χ3n) is 2.96. The summed E-state index contributed by atoms with van der Waals surface area (Å²) in [5.41, 5.74) is 0. The highest BCUT2D eigenvalue weighted by Crippen LogP contribution is 2.24. The summed E-state index contributed by atoms with van der Waals surface area (Å²) in [5.74, 6) is 0.445. The zero-order valence-corrected chi connectivity index (χ0v) is 9.52. The Hall–Kier alpha value is -1.22. The van der Waals surface area contributed by atoms with Crippen LogP contribution in [-0.2, 0) is 5.11 Å². The highest BCUT2D eigenvalue weighted by molar-refractivity contribution is 5.37. The van der Waals surface area contributed by atoms with Crippen LogP contribution in [0.5, 0.6) is 11.5 Å². The molecule has 3 heteroatoms. The van der Waals surface area contributed by atoms with E-state index in [2.05, 4.69) is 4.90 Å². The van der Waals surface area contributed by atoms with Crippen molar-refractivity contribution in [1.82, 2.24) is 4.90 Å². The average molecular weight is 220 g/mol. The molecule has 1 heterocycles. The van der Waals surface area contributed by atoms with Gasteiger partial charge in [0.25, 0.3) is 0 Å². The lowest BCUT2D eigenvalue weighted by Gasteiger charge is -2.26. The highest BCUT2D eigenvalue weighted by Gasteiger charge is 2.10. The van der Waals surface area contributed by atoms with Crippen LogP contribution in [0.15, 0.2) is 24.3 Å². The predicted octanol–water partition coefficient (Wildman–Crippen LogP) is 2.70. The first-order valence-electron chi connectivity index (χ1n) is 5.97. The zero-order chi connectivity index (χ0) is 11.2. The van der Waals surface area contributed by atoms with E-state index < -0.39 is 0 Å². The van der Waals surface area contributed by atoms with Crippen molar-refractivity contribution in [3.05, 3.63) is 24.3 Å². The van der Waals surface area contributed by atoms with Crippen LogP contribution in [0.2, 0.25) is 0 Å². The van der Waals surface area contributed by atoms with Crippen molar-refractivity contribution in [2.45, 2.75) is 19.3 Å². The van der Waals surface area contributed by atoms with Crippen LogP contribution in [-0.4, -0.2) is 31.1 Å². The van der Waals surface area contributed by atoms with Crippen molar-refractivity contribution in [3.63, 3.8) is 0 Å². The SMILES string of the molecule is [O]c1ccccc1OCCN1CCCCC1. The van der Waals surface area contributed by atoms with E-state index in [1.54, 1.807) is 12.1 Å². The van der Waals surface area contributed by atoms with Crippen LogP contribution in [0.3, 0.4) is 0 Å². The lowest BCUT2D eigenvalue weighted by molar-refractivity contribution is 0.179. The molecule has 0 bridgehead atoms. The maximum Gasteiger partial charge on any atom is 0.220 e. The summed E-state index contributed by atoms with van der Waals surface area (Å²) in [5, 5.41) is 11.4.